The van der Waals surface area contributed by atoms with Gasteiger partial charge in [0.1, 0.15) is 3.70 Å². The molecule has 0 aliphatic carbocycles. The predicted octanol–water partition coefficient (Wildman–Crippen LogP) is 1.76. The topological polar surface area (TPSA) is 17.8 Å². The molecule has 1 heterocycles. The van der Waals surface area contributed by atoms with Crippen LogP contribution in [0.5, 0.6) is 0 Å². The quantitative estimate of drug-likeness (QED) is 0.553. The van der Waals surface area contributed by atoms with Crippen LogP contribution in [-0.2, 0) is 12.9 Å². The molecule has 0 atom stereocenters. The monoisotopic (exact) mass is 256 g/mol. The Labute approximate surface area is 72.3 Å². The zero-order valence-corrected chi connectivity index (χ0v) is 7.85. The van der Waals surface area contributed by atoms with Crippen LogP contribution in [0.25, 0.3) is 0 Å². The second-order valence-corrected chi connectivity index (χ2v) is 3.09. The number of aromatic nitrogens is 2. The smallest absolute Gasteiger partial charge is 0.123 e. The van der Waals surface area contributed by atoms with Crippen molar-refractivity contribution in [1.82, 2.24) is 9.78 Å². The van der Waals surface area contributed by atoms with Gasteiger partial charge in [-0.3, -0.25) is 4.68 Å². The summed E-state index contributed by atoms with van der Waals surface area (Å²) in [5.74, 6) is 0.534. The summed E-state index contributed by atoms with van der Waals surface area (Å²) in [5, 5.41) is 4.10. The molecule has 0 fully saturated rings. The van der Waals surface area contributed by atoms with E-state index in [1.54, 1.807) is 4.68 Å². The highest BCUT2D eigenvalue weighted by Gasteiger charge is 1.98. The van der Waals surface area contributed by atoms with Gasteiger partial charge in [0, 0.05) is 7.05 Å². The van der Waals surface area contributed by atoms with Gasteiger partial charge in [0.2, 0.25) is 0 Å². The number of rotatable bonds is 1. The number of halogens is 2. The van der Waals surface area contributed by atoms with Crippen molar-refractivity contribution in [2.75, 3.05) is 0 Å². The molecule has 0 aliphatic rings. The zero-order valence-electron chi connectivity index (χ0n) is 4.93. The van der Waals surface area contributed by atoms with Crippen molar-refractivity contribution in [3.05, 3.63) is 15.5 Å². The van der Waals surface area contributed by atoms with Crippen LogP contribution in [0, 0.1) is 3.70 Å². The van der Waals surface area contributed by atoms with Gasteiger partial charge in [-0.1, -0.05) is 0 Å². The fourth-order valence-electron chi connectivity index (χ4n) is 0.592. The van der Waals surface area contributed by atoms with Crippen molar-refractivity contribution in [2.45, 2.75) is 5.88 Å². The number of aryl methyl sites for hydroxylation is 1. The van der Waals surface area contributed by atoms with E-state index in [0.29, 0.717) is 5.88 Å². The van der Waals surface area contributed by atoms with Gasteiger partial charge in [-0.25, -0.2) is 0 Å². The number of alkyl halides is 1. The van der Waals surface area contributed by atoms with E-state index in [1.807, 2.05) is 13.1 Å². The van der Waals surface area contributed by atoms with Gasteiger partial charge in [-0.2, -0.15) is 5.10 Å². The Balaban J connectivity index is 3.01. The summed E-state index contributed by atoms with van der Waals surface area (Å²) >= 11 is 7.74. The van der Waals surface area contributed by atoms with Crippen LogP contribution in [0.15, 0.2) is 6.07 Å². The van der Waals surface area contributed by atoms with Gasteiger partial charge < -0.3 is 0 Å². The lowest BCUT2D eigenvalue weighted by Crippen LogP contribution is -1.94. The molecule has 0 bridgehead atoms. The Bertz CT molecular complexity index is 209. The molecule has 4 heteroatoms. The first-order valence-electron chi connectivity index (χ1n) is 2.48. The average Bonchev–Trinajstić information content (AvgIpc) is 2.10. The minimum atomic E-state index is 0.534. The lowest BCUT2D eigenvalue weighted by molar-refractivity contribution is 0.729. The minimum absolute atomic E-state index is 0.534. The number of hydrogen-bond donors (Lipinski definition) is 0. The van der Waals surface area contributed by atoms with Crippen LogP contribution in [-0.4, -0.2) is 9.78 Å². The number of hydrogen-bond acceptors (Lipinski definition) is 1. The van der Waals surface area contributed by atoms with Crippen molar-refractivity contribution in [3.8, 4) is 0 Å². The molecular formula is C5H6ClIN2. The first-order valence-corrected chi connectivity index (χ1v) is 4.09. The highest BCUT2D eigenvalue weighted by atomic mass is 127. The van der Waals surface area contributed by atoms with E-state index in [1.165, 1.54) is 0 Å². The summed E-state index contributed by atoms with van der Waals surface area (Å²) in [7, 11) is 1.89. The maximum absolute atomic E-state index is 5.58. The normalized spacial score (nSPS) is 10.1. The third-order valence-corrected chi connectivity index (χ3v) is 1.88. The highest BCUT2D eigenvalue weighted by molar-refractivity contribution is 14.1. The third kappa shape index (κ3) is 1.58. The molecule has 0 radical (unpaired) electrons. The fraction of sp³-hybridized carbons (Fsp3) is 0.400. The van der Waals surface area contributed by atoms with Crippen LogP contribution < -0.4 is 0 Å². The van der Waals surface area contributed by atoms with Crippen LogP contribution in [0.2, 0.25) is 0 Å². The van der Waals surface area contributed by atoms with Gasteiger partial charge in [-0.05, 0) is 28.7 Å². The van der Waals surface area contributed by atoms with E-state index in [2.05, 4.69) is 27.7 Å². The molecule has 0 unspecified atom stereocenters. The van der Waals surface area contributed by atoms with Crippen LogP contribution in [0.3, 0.4) is 0 Å². The van der Waals surface area contributed by atoms with Crippen LogP contribution in [0.1, 0.15) is 5.69 Å². The predicted molar refractivity (Wildman–Crippen MR) is 45.5 cm³/mol. The summed E-state index contributed by atoms with van der Waals surface area (Å²) in [6.45, 7) is 0. The van der Waals surface area contributed by atoms with Gasteiger partial charge in [0.25, 0.3) is 0 Å². The lowest BCUT2D eigenvalue weighted by Gasteiger charge is -1.91. The zero-order chi connectivity index (χ0) is 6.85. The van der Waals surface area contributed by atoms with E-state index in [-0.39, 0.29) is 0 Å². The molecule has 0 aliphatic heterocycles. The van der Waals surface area contributed by atoms with E-state index in [9.17, 15) is 0 Å². The van der Waals surface area contributed by atoms with E-state index in [4.69, 9.17) is 11.6 Å². The molecular weight excluding hydrogens is 250 g/mol. The van der Waals surface area contributed by atoms with Crippen molar-refractivity contribution in [2.24, 2.45) is 7.05 Å². The minimum Gasteiger partial charge on any atom is -0.270 e. The molecule has 50 valence electrons. The summed E-state index contributed by atoms with van der Waals surface area (Å²) in [6.07, 6.45) is 0. The summed E-state index contributed by atoms with van der Waals surface area (Å²) in [6, 6.07) is 1.97. The second-order valence-electron chi connectivity index (χ2n) is 1.72. The van der Waals surface area contributed by atoms with Gasteiger partial charge in [0.05, 0.1) is 11.6 Å². The average molecular weight is 256 g/mol. The Kier molecular flexibility index (Phi) is 2.35. The summed E-state index contributed by atoms with van der Waals surface area (Å²) in [4.78, 5) is 0. The molecule has 0 spiro atoms. The molecule has 1 aromatic rings. The lowest BCUT2D eigenvalue weighted by atomic mass is 10.5. The van der Waals surface area contributed by atoms with Gasteiger partial charge >= 0.3 is 0 Å². The molecule has 0 saturated heterocycles. The van der Waals surface area contributed by atoms with E-state index < -0.39 is 0 Å². The van der Waals surface area contributed by atoms with Gasteiger partial charge in [0.15, 0.2) is 0 Å². The molecule has 0 N–H and O–H groups in total. The molecule has 2 nitrogen and oxygen atoms in total. The summed E-state index contributed by atoms with van der Waals surface area (Å²) in [5.41, 5.74) is 1.06. The largest absolute Gasteiger partial charge is 0.270 e. The Morgan fingerprint density at radius 2 is 2.56 bits per heavy atom. The van der Waals surface area contributed by atoms with Crippen LogP contribution >= 0.6 is 34.2 Å². The van der Waals surface area contributed by atoms with Crippen molar-refractivity contribution < 1.29 is 0 Å². The highest BCUT2D eigenvalue weighted by Crippen LogP contribution is 2.07. The molecule has 1 aromatic heterocycles. The first kappa shape index (κ1) is 7.34. The Morgan fingerprint density at radius 3 is 2.78 bits per heavy atom. The maximum atomic E-state index is 5.58. The molecule has 0 aromatic carbocycles. The Hall–Kier alpha value is 0.230. The van der Waals surface area contributed by atoms with E-state index >= 15 is 0 Å². The summed E-state index contributed by atoms with van der Waals surface area (Å²) < 4.78 is 2.78. The molecule has 0 saturated carbocycles. The number of nitrogens with zero attached hydrogens (tertiary/aromatic N) is 2. The Morgan fingerprint density at radius 1 is 1.89 bits per heavy atom. The van der Waals surface area contributed by atoms with Crippen molar-refractivity contribution >= 4 is 34.2 Å². The van der Waals surface area contributed by atoms with E-state index in [0.717, 1.165) is 9.39 Å². The molecule has 0 amide bonds. The standard InChI is InChI=1S/C5H6ClIN2/c1-9-4(3-6)2-5(7)8-9/h2H,3H2,1H3. The second kappa shape index (κ2) is 2.88. The van der Waals surface area contributed by atoms with Crippen molar-refractivity contribution in [3.63, 3.8) is 0 Å². The van der Waals surface area contributed by atoms with Gasteiger partial charge in [-0.15, -0.1) is 11.6 Å². The van der Waals surface area contributed by atoms with Crippen LogP contribution in [0.4, 0.5) is 0 Å². The third-order valence-electron chi connectivity index (χ3n) is 1.08. The molecule has 9 heavy (non-hydrogen) atoms. The molecule has 1 rings (SSSR count). The SMILES string of the molecule is Cn1nc(I)cc1CCl. The maximum Gasteiger partial charge on any atom is 0.123 e. The first-order chi connectivity index (χ1) is 4.24. The van der Waals surface area contributed by atoms with Crippen molar-refractivity contribution in [1.29, 1.82) is 0 Å². The fourth-order valence-corrected chi connectivity index (χ4v) is 1.53.